The number of morpholine rings is 1. The topological polar surface area (TPSA) is 100 Å². The third-order valence-electron chi connectivity index (χ3n) is 6.08. The Hall–Kier alpha value is -3.14. The second-order valence-electron chi connectivity index (χ2n) is 8.28. The van der Waals surface area contributed by atoms with Gasteiger partial charge in [0.25, 0.3) is 5.91 Å². The molecule has 2 aromatic rings. The molecule has 2 N–H and O–H groups in total. The molecule has 0 bridgehead atoms. The van der Waals surface area contributed by atoms with E-state index >= 15 is 0 Å². The van der Waals surface area contributed by atoms with Crippen LogP contribution in [-0.2, 0) is 19.1 Å². The second-order valence-corrected chi connectivity index (χ2v) is 8.72. The number of benzene rings is 2. The van der Waals surface area contributed by atoms with Crippen LogP contribution in [0.1, 0.15) is 12.8 Å². The zero-order valence-corrected chi connectivity index (χ0v) is 18.5. The number of hydrogen-bond acceptors (Lipinski definition) is 5. The number of nitrogens with zero attached hydrogens (tertiary/aromatic N) is 2. The van der Waals surface area contributed by atoms with Gasteiger partial charge in [-0.15, -0.1) is 0 Å². The summed E-state index contributed by atoms with van der Waals surface area (Å²) in [7, 11) is 0. The summed E-state index contributed by atoms with van der Waals surface area (Å²) in [5, 5.41) is 6.25. The van der Waals surface area contributed by atoms with Gasteiger partial charge in [0.05, 0.1) is 6.61 Å². The lowest BCUT2D eigenvalue weighted by atomic mass is 10.1. The van der Waals surface area contributed by atoms with Gasteiger partial charge >= 0.3 is 6.03 Å². The summed E-state index contributed by atoms with van der Waals surface area (Å²) in [4.78, 5) is 41.2. The molecule has 33 heavy (non-hydrogen) atoms. The molecule has 0 aromatic heterocycles. The minimum Gasteiger partial charge on any atom is -0.370 e. The lowest BCUT2D eigenvalue weighted by Crippen LogP contribution is -2.50. The maximum absolute atomic E-state index is 13.2. The van der Waals surface area contributed by atoms with E-state index < -0.39 is 17.7 Å². The van der Waals surface area contributed by atoms with Crippen molar-refractivity contribution in [2.24, 2.45) is 0 Å². The summed E-state index contributed by atoms with van der Waals surface area (Å²) in [5.74, 6) is -0.411. The molecule has 0 radical (unpaired) electrons. The summed E-state index contributed by atoms with van der Waals surface area (Å²) in [6, 6.07) is 12.6. The minimum atomic E-state index is -0.745. The predicted molar refractivity (Wildman–Crippen MR) is 122 cm³/mol. The second kappa shape index (κ2) is 8.66. The van der Waals surface area contributed by atoms with E-state index in [9.17, 15) is 14.4 Å². The highest BCUT2D eigenvalue weighted by Crippen LogP contribution is 2.49. The van der Waals surface area contributed by atoms with E-state index in [1.54, 1.807) is 53.4 Å². The molecule has 2 aromatic carbocycles. The fraction of sp³-hybridized carbons (Fsp3) is 0.348. The summed E-state index contributed by atoms with van der Waals surface area (Å²) >= 11 is 5.90. The Labute approximate surface area is 195 Å². The van der Waals surface area contributed by atoms with Crippen molar-refractivity contribution in [2.45, 2.75) is 24.5 Å². The average Bonchev–Trinajstić information content (AvgIpc) is 3.48. The van der Waals surface area contributed by atoms with Crippen molar-refractivity contribution in [1.29, 1.82) is 0 Å². The quantitative estimate of drug-likeness (QED) is 0.715. The van der Waals surface area contributed by atoms with Gasteiger partial charge in [0.2, 0.25) is 5.91 Å². The molecule has 5 rings (SSSR count). The summed E-state index contributed by atoms with van der Waals surface area (Å²) in [5.41, 5.74) is 1.26. The van der Waals surface area contributed by atoms with Gasteiger partial charge in [-0.1, -0.05) is 11.6 Å². The van der Waals surface area contributed by atoms with E-state index in [-0.39, 0.29) is 25.2 Å². The zero-order chi connectivity index (χ0) is 23.0. The maximum atomic E-state index is 13.2. The molecule has 2 heterocycles. The molecule has 2 saturated heterocycles. The van der Waals surface area contributed by atoms with Gasteiger partial charge in [0.15, 0.2) is 0 Å². The third-order valence-corrected chi connectivity index (χ3v) is 6.33. The van der Waals surface area contributed by atoms with Crippen LogP contribution in [-0.4, -0.2) is 60.9 Å². The first-order chi connectivity index (χ1) is 15.9. The van der Waals surface area contributed by atoms with Crippen LogP contribution in [0.5, 0.6) is 0 Å². The summed E-state index contributed by atoms with van der Waals surface area (Å²) in [6.45, 7) is 1.08. The fourth-order valence-electron chi connectivity index (χ4n) is 4.19. The maximum Gasteiger partial charge on any atom is 0.324 e. The predicted octanol–water partition coefficient (Wildman–Crippen LogP) is 3.06. The van der Waals surface area contributed by atoms with Crippen molar-refractivity contribution < 1.29 is 23.9 Å². The van der Waals surface area contributed by atoms with Gasteiger partial charge in [0.1, 0.15) is 25.0 Å². The number of rotatable bonds is 4. The van der Waals surface area contributed by atoms with E-state index in [4.69, 9.17) is 21.1 Å². The lowest BCUT2D eigenvalue weighted by molar-refractivity contribution is -0.125. The summed E-state index contributed by atoms with van der Waals surface area (Å²) < 4.78 is 11.0. The molecule has 3 aliphatic rings. The number of carbonyl (C=O) groups excluding carboxylic acids is 3. The Morgan fingerprint density at radius 2 is 1.67 bits per heavy atom. The molecule has 9 nitrogen and oxygen atoms in total. The van der Waals surface area contributed by atoms with Gasteiger partial charge in [-0.25, -0.2) is 4.79 Å². The van der Waals surface area contributed by atoms with Crippen LogP contribution in [0, 0.1) is 0 Å². The zero-order valence-electron chi connectivity index (χ0n) is 17.8. The van der Waals surface area contributed by atoms with Gasteiger partial charge in [-0.3, -0.25) is 14.5 Å². The van der Waals surface area contributed by atoms with E-state index in [0.717, 1.165) is 5.69 Å². The number of hydrogen-bond donors (Lipinski definition) is 2. The highest BCUT2D eigenvalue weighted by Gasteiger charge is 2.61. The van der Waals surface area contributed by atoms with E-state index in [2.05, 4.69) is 10.6 Å². The van der Waals surface area contributed by atoms with Crippen LogP contribution >= 0.6 is 11.6 Å². The van der Waals surface area contributed by atoms with Crippen molar-refractivity contribution in [3.05, 3.63) is 53.6 Å². The van der Waals surface area contributed by atoms with Crippen LogP contribution in [0.3, 0.4) is 0 Å². The standard InChI is InChI=1S/C23H23ClN4O5/c24-15-1-3-17(4-2-15)26-22(31)28-14-33-23(9-10-23)20(28)21(30)25-16-5-7-18(8-6-16)27-11-12-32-13-19(27)29/h1-8,20H,9-14H2,(H,25,30)(H,26,31)/t20-/m0/s1. The van der Waals surface area contributed by atoms with E-state index in [0.29, 0.717) is 42.4 Å². The molecule has 10 heteroatoms. The minimum absolute atomic E-state index is 0.0373. The Kier molecular flexibility index (Phi) is 5.69. The highest BCUT2D eigenvalue weighted by molar-refractivity contribution is 6.30. The average molecular weight is 471 g/mol. The van der Waals surface area contributed by atoms with Crippen LogP contribution < -0.4 is 15.5 Å². The highest BCUT2D eigenvalue weighted by atomic mass is 35.5. The Bertz CT molecular complexity index is 1070. The van der Waals surface area contributed by atoms with Crippen LogP contribution in [0.15, 0.2) is 48.5 Å². The lowest BCUT2D eigenvalue weighted by Gasteiger charge is -2.27. The van der Waals surface area contributed by atoms with Crippen LogP contribution in [0.25, 0.3) is 0 Å². The van der Waals surface area contributed by atoms with Gasteiger partial charge in [0, 0.05) is 28.6 Å². The molecule has 172 valence electrons. The molecule has 1 spiro atoms. The number of carbonyl (C=O) groups is 3. The molecular formula is C23H23ClN4O5. The number of anilines is 3. The number of ether oxygens (including phenoxy) is 2. The molecule has 0 unspecified atom stereocenters. The molecule has 1 aliphatic carbocycles. The molecule has 2 aliphatic heterocycles. The first-order valence-electron chi connectivity index (χ1n) is 10.7. The Balaban J connectivity index is 1.27. The molecular weight excluding hydrogens is 448 g/mol. The number of halogens is 1. The van der Waals surface area contributed by atoms with Crippen molar-refractivity contribution in [1.82, 2.24) is 4.90 Å². The smallest absolute Gasteiger partial charge is 0.324 e. The van der Waals surface area contributed by atoms with Crippen molar-refractivity contribution >= 4 is 46.5 Å². The van der Waals surface area contributed by atoms with Crippen molar-refractivity contribution in [3.8, 4) is 0 Å². The Morgan fingerprint density at radius 3 is 2.33 bits per heavy atom. The third kappa shape index (κ3) is 4.39. The first kappa shape index (κ1) is 21.7. The van der Waals surface area contributed by atoms with Crippen molar-refractivity contribution in [2.75, 3.05) is 42.0 Å². The normalized spacial score (nSPS) is 21.2. The van der Waals surface area contributed by atoms with Crippen LogP contribution in [0.4, 0.5) is 21.9 Å². The SMILES string of the molecule is O=C(Nc1ccc(N2CCOCC2=O)cc1)[C@@H]1N(C(=O)Nc2ccc(Cl)cc2)COC12CC2. The molecule has 4 amide bonds. The molecule has 1 atom stereocenters. The Morgan fingerprint density at radius 1 is 1.00 bits per heavy atom. The summed E-state index contributed by atoms with van der Waals surface area (Å²) in [6.07, 6.45) is 1.43. The van der Waals surface area contributed by atoms with Crippen molar-refractivity contribution in [3.63, 3.8) is 0 Å². The molecule has 3 fully saturated rings. The number of amides is 4. The monoisotopic (exact) mass is 470 g/mol. The number of nitrogens with one attached hydrogen (secondary N) is 2. The van der Waals surface area contributed by atoms with E-state index in [1.165, 1.54) is 4.90 Å². The van der Waals surface area contributed by atoms with Gasteiger partial charge in [-0.2, -0.15) is 0 Å². The van der Waals surface area contributed by atoms with E-state index in [1.807, 2.05) is 0 Å². The van der Waals surface area contributed by atoms with Crippen LogP contribution in [0.2, 0.25) is 5.02 Å². The number of urea groups is 1. The largest absolute Gasteiger partial charge is 0.370 e. The fourth-order valence-corrected chi connectivity index (χ4v) is 4.31. The van der Waals surface area contributed by atoms with Gasteiger partial charge in [-0.05, 0) is 61.4 Å². The molecule has 1 saturated carbocycles. The van der Waals surface area contributed by atoms with Gasteiger partial charge < -0.3 is 25.0 Å². The first-order valence-corrected chi connectivity index (χ1v) is 11.1.